The Hall–Kier alpha value is -4.41. The number of rotatable bonds is 13. The van der Waals surface area contributed by atoms with E-state index in [1.54, 1.807) is 14.2 Å². The molecule has 38 heavy (non-hydrogen) atoms. The predicted octanol–water partition coefficient (Wildman–Crippen LogP) is 3.38. The number of urea groups is 1. The van der Waals surface area contributed by atoms with E-state index in [1.807, 2.05) is 55.5 Å². The molecule has 11 nitrogen and oxygen atoms in total. The quantitative estimate of drug-likeness (QED) is 0.291. The van der Waals surface area contributed by atoms with Gasteiger partial charge in [0, 0.05) is 26.1 Å². The first-order valence-electron chi connectivity index (χ1n) is 12.6. The molecule has 0 aliphatic carbocycles. The Morgan fingerprint density at radius 2 is 1.37 bits per heavy atom. The van der Waals surface area contributed by atoms with Gasteiger partial charge in [0.1, 0.15) is 23.4 Å². The van der Waals surface area contributed by atoms with Gasteiger partial charge in [0.15, 0.2) is 0 Å². The van der Waals surface area contributed by atoms with Crippen molar-refractivity contribution in [1.29, 1.82) is 0 Å². The Morgan fingerprint density at radius 3 is 1.84 bits per heavy atom. The highest BCUT2D eigenvalue weighted by Gasteiger charge is 2.38. The first kappa shape index (κ1) is 26.6. The number of imide groups is 1. The molecule has 1 aliphatic rings. The Labute approximate surface area is 222 Å². The number of ether oxygens (including phenoxy) is 2. The van der Waals surface area contributed by atoms with Crippen molar-refractivity contribution >= 4 is 23.8 Å². The number of methoxy groups -OCH3 is 2. The fraction of sp³-hybridized carbons (Fsp3) is 0.370. The lowest BCUT2D eigenvalue weighted by molar-refractivity contribution is -0.127. The van der Waals surface area contributed by atoms with Gasteiger partial charge in [0.25, 0.3) is 5.91 Å². The zero-order valence-corrected chi connectivity index (χ0v) is 21.9. The molecular weight excluding hydrogens is 486 g/mol. The first-order chi connectivity index (χ1) is 18.5. The molecule has 1 aromatic heterocycles. The molecule has 1 atom stereocenters. The van der Waals surface area contributed by atoms with E-state index in [9.17, 15) is 9.59 Å². The maximum absolute atomic E-state index is 12.8. The molecule has 200 valence electrons. The Morgan fingerprint density at radius 1 is 0.842 bits per heavy atom. The summed E-state index contributed by atoms with van der Waals surface area (Å²) in [5.74, 6) is 2.41. The van der Waals surface area contributed by atoms with Crippen LogP contribution in [0.4, 0.5) is 16.7 Å². The minimum absolute atomic E-state index is 0.157. The van der Waals surface area contributed by atoms with Gasteiger partial charge < -0.3 is 25.4 Å². The summed E-state index contributed by atoms with van der Waals surface area (Å²) in [4.78, 5) is 40.0. The molecule has 2 aromatic carbocycles. The van der Waals surface area contributed by atoms with Gasteiger partial charge in [-0.25, -0.2) is 4.79 Å². The monoisotopic (exact) mass is 519 g/mol. The molecule has 0 bridgehead atoms. The van der Waals surface area contributed by atoms with Crippen molar-refractivity contribution in [3.63, 3.8) is 0 Å². The van der Waals surface area contributed by atoms with Gasteiger partial charge in [-0.05, 0) is 41.8 Å². The molecule has 3 N–H and O–H groups in total. The van der Waals surface area contributed by atoms with Crippen molar-refractivity contribution in [3.8, 4) is 11.5 Å². The maximum atomic E-state index is 12.8. The van der Waals surface area contributed by atoms with Crippen LogP contribution in [0.1, 0.15) is 36.7 Å². The number of anilines is 2. The van der Waals surface area contributed by atoms with E-state index in [2.05, 4.69) is 30.9 Å². The number of nitrogens with one attached hydrogen (secondary N) is 3. The predicted molar refractivity (Wildman–Crippen MR) is 143 cm³/mol. The number of nitrogens with zero attached hydrogens (tertiary/aromatic N) is 4. The lowest BCUT2D eigenvalue weighted by Gasteiger charge is -2.13. The van der Waals surface area contributed by atoms with E-state index >= 15 is 0 Å². The van der Waals surface area contributed by atoms with Crippen LogP contribution in [0, 0.1) is 0 Å². The molecule has 3 aromatic rings. The second-order valence-corrected chi connectivity index (χ2v) is 8.85. The number of amides is 3. The number of benzene rings is 2. The van der Waals surface area contributed by atoms with Crippen molar-refractivity contribution in [2.45, 2.75) is 45.3 Å². The smallest absolute Gasteiger partial charge is 0.324 e. The topological polar surface area (TPSA) is 131 Å². The van der Waals surface area contributed by atoms with Crippen molar-refractivity contribution in [2.75, 3.05) is 31.4 Å². The van der Waals surface area contributed by atoms with Gasteiger partial charge in [-0.3, -0.25) is 9.69 Å². The van der Waals surface area contributed by atoms with Gasteiger partial charge in [-0.1, -0.05) is 37.6 Å². The van der Waals surface area contributed by atoms with Crippen LogP contribution in [0.3, 0.4) is 0 Å². The van der Waals surface area contributed by atoms with Crippen LogP contribution in [-0.2, 0) is 24.3 Å². The highest BCUT2D eigenvalue weighted by Crippen LogP contribution is 2.17. The number of hydrogen-bond acceptors (Lipinski definition) is 9. The standard InChI is InChI=1S/C27H33N7O4/c1-4-5-14-34-24(35)22(30-27(34)36)15-23-31-25(28-16-18-6-10-20(37-2)11-7-18)33-26(32-23)29-17-19-8-12-21(38-3)13-9-19/h6-13,22H,4-5,14-17H2,1-3H3,(H,30,36)(H2,28,29,31,32,33). The summed E-state index contributed by atoms with van der Waals surface area (Å²) >= 11 is 0. The second-order valence-electron chi connectivity index (χ2n) is 8.85. The highest BCUT2D eigenvalue weighted by atomic mass is 16.5. The molecule has 1 aliphatic heterocycles. The van der Waals surface area contributed by atoms with Gasteiger partial charge in [0.2, 0.25) is 11.9 Å². The van der Waals surface area contributed by atoms with Crippen molar-refractivity contribution in [1.82, 2.24) is 25.2 Å². The zero-order chi connectivity index (χ0) is 26.9. The molecule has 4 rings (SSSR count). The second kappa shape index (κ2) is 12.7. The molecule has 1 saturated heterocycles. The van der Waals surface area contributed by atoms with E-state index in [1.165, 1.54) is 4.90 Å². The van der Waals surface area contributed by atoms with Crippen LogP contribution in [0.5, 0.6) is 11.5 Å². The number of carbonyl (C=O) groups excluding carboxylic acids is 2. The summed E-state index contributed by atoms with van der Waals surface area (Å²) in [5, 5.41) is 9.22. The zero-order valence-electron chi connectivity index (χ0n) is 21.9. The fourth-order valence-electron chi connectivity index (χ4n) is 3.94. The summed E-state index contributed by atoms with van der Waals surface area (Å²) in [5.41, 5.74) is 2.04. The van der Waals surface area contributed by atoms with Crippen LogP contribution in [0.25, 0.3) is 0 Å². The Balaban J connectivity index is 1.50. The number of carbonyl (C=O) groups is 2. The molecule has 3 amide bonds. The minimum Gasteiger partial charge on any atom is -0.497 e. The number of aromatic nitrogens is 3. The largest absolute Gasteiger partial charge is 0.497 e. The van der Waals surface area contributed by atoms with Gasteiger partial charge >= 0.3 is 6.03 Å². The SMILES string of the molecule is CCCCN1C(=O)NC(Cc2nc(NCc3ccc(OC)cc3)nc(NCc3ccc(OC)cc3)n2)C1=O. The molecule has 1 unspecified atom stereocenters. The third-order valence-corrected chi connectivity index (χ3v) is 6.13. The Bertz CT molecular complexity index is 1170. The van der Waals surface area contributed by atoms with Crippen LogP contribution in [0.15, 0.2) is 48.5 Å². The molecule has 2 heterocycles. The minimum atomic E-state index is -0.717. The lowest BCUT2D eigenvalue weighted by atomic mass is 10.2. The molecule has 0 spiro atoms. The molecule has 0 radical (unpaired) electrons. The van der Waals surface area contributed by atoms with Gasteiger partial charge in [0.05, 0.1) is 14.2 Å². The van der Waals surface area contributed by atoms with Crippen LogP contribution >= 0.6 is 0 Å². The van der Waals surface area contributed by atoms with Crippen molar-refractivity contribution in [2.24, 2.45) is 0 Å². The maximum Gasteiger partial charge on any atom is 0.324 e. The normalized spacial score (nSPS) is 14.8. The van der Waals surface area contributed by atoms with E-state index in [0.717, 1.165) is 35.5 Å². The summed E-state index contributed by atoms with van der Waals surface area (Å²) in [7, 11) is 3.25. The molecule has 11 heteroatoms. The Kier molecular flexibility index (Phi) is 8.91. The highest BCUT2D eigenvalue weighted by molar-refractivity contribution is 6.04. The lowest BCUT2D eigenvalue weighted by Crippen LogP contribution is -2.33. The summed E-state index contributed by atoms with van der Waals surface area (Å²) in [6.07, 6.45) is 1.81. The summed E-state index contributed by atoms with van der Waals surface area (Å²) in [6, 6.07) is 14.3. The fourth-order valence-corrected chi connectivity index (χ4v) is 3.94. The average Bonchev–Trinajstić information content (AvgIpc) is 3.21. The molecule has 1 fully saturated rings. The van der Waals surface area contributed by atoms with Crippen molar-refractivity contribution in [3.05, 3.63) is 65.5 Å². The third-order valence-electron chi connectivity index (χ3n) is 6.13. The van der Waals surface area contributed by atoms with E-state index in [0.29, 0.717) is 37.4 Å². The number of hydrogen-bond donors (Lipinski definition) is 3. The van der Waals surface area contributed by atoms with E-state index in [-0.39, 0.29) is 18.4 Å². The average molecular weight is 520 g/mol. The summed E-state index contributed by atoms with van der Waals surface area (Å²) in [6.45, 7) is 3.38. The van der Waals surface area contributed by atoms with E-state index < -0.39 is 6.04 Å². The first-order valence-corrected chi connectivity index (χ1v) is 12.6. The molecule has 0 saturated carbocycles. The van der Waals surface area contributed by atoms with Gasteiger partial charge in [-0.15, -0.1) is 0 Å². The van der Waals surface area contributed by atoms with Crippen LogP contribution in [-0.4, -0.2) is 58.6 Å². The van der Waals surface area contributed by atoms with E-state index in [4.69, 9.17) is 9.47 Å². The summed E-state index contributed by atoms with van der Waals surface area (Å²) < 4.78 is 10.4. The third kappa shape index (κ3) is 6.87. The van der Waals surface area contributed by atoms with Crippen LogP contribution < -0.4 is 25.4 Å². The number of unbranched alkanes of at least 4 members (excludes halogenated alkanes) is 1. The molecular formula is C27H33N7O4. The van der Waals surface area contributed by atoms with Crippen molar-refractivity contribution < 1.29 is 19.1 Å². The van der Waals surface area contributed by atoms with Gasteiger partial charge in [-0.2, -0.15) is 15.0 Å². The van der Waals surface area contributed by atoms with Crippen LogP contribution in [0.2, 0.25) is 0 Å².